The second-order valence-electron chi connectivity index (χ2n) is 12.6. The number of nitrogens with one attached hydrogen (secondary N) is 5. The van der Waals surface area contributed by atoms with E-state index < -0.39 is 65.5 Å². The molecule has 0 aliphatic heterocycles. The minimum Gasteiger partial charge on any atom is -0.344 e. The van der Waals surface area contributed by atoms with Gasteiger partial charge in [0.05, 0.1) is 18.3 Å². The number of amides is 5. The van der Waals surface area contributed by atoms with E-state index in [1.165, 1.54) is 18.6 Å². The van der Waals surface area contributed by atoms with Gasteiger partial charge in [0.25, 0.3) is 11.8 Å². The molecule has 0 spiro atoms. The summed E-state index contributed by atoms with van der Waals surface area (Å²) in [6, 6.07) is 4.56. The standard InChI is InChI=1S/C34H49N7O6/c1-9-24(29(42)34(47)37-22(8)23-13-11-10-12-14-23)38-30(43)25(17-19(2)3)39-32(45)27(20(4)5)41-33(46)28(21(6)7)40-31(44)26-18-35-15-16-36-26/h10-16,18-22,24-25,27-28H,9,17H2,1-8H3,(H,37,47)(H,38,43)(H,39,45)(H,40,44)(H,41,46)/t22-,24-,25-,27-,28-/m0/s1. The van der Waals surface area contributed by atoms with Gasteiger partial charge in [-0.25, -0.2) is 4.98 Å². The Hall–Kier alpha value is -4.68. The smallest absolute Gasteiger partial charge is 0.290 e. The molecule has 5 atom stereocenters. The van der Waals surface area contributed by atoms with Crippen LogP contribution in [0.3, 0.4) is 0 Å². The second-order valence-corrected chi connectivity index (χ2v) is 12.6. The molecule has 13 nitrogen and oxygen atoms in total. The molecule has 1 aromatic heterocycles. The fourth-order valence-corrected chi connectivity index (χ4v) is 4.79. The topological polar surface area (TPSA) is 188 Å². The van der Waals surface area contributed by atoms with Crippen molar-refractivity contribution in [3.05, 3.63) is 60.2 Å². The molecule has 2 aromatic rings. The van der Waals surface area contributed by atoms with E-state index in [0.29, 0.717) is 0 Å². The maximum Gasteiger partial charge on any atom is 0.290 e. The van der Waals surface area contributed by atoms with Gasteiger partial charge in [0.15, 0.2) is 0 Å². The number of benzene rings is 1. The minimum atomic E-state index is -1.11. The Morgan fingerprint density at radius 2 is 1.26 bits per heavy atom. The monoisotopic (exact) mass is 651 g/mol. The average molecular weight is 652 g/mol. The van der Waals surface area contributed by atoms with Gasteiger partial charge >= 0.3 is 0 Å². The molecule has 0 fully saturated rings. The van der Waals surface area contributed by atoms with Gasteiger partial charge in [0.2, 0.25) is 23.5 Å². The first-order valence-electron chi connectivity index (χ1n) is 16.0. The van der Waals surface area contributed by atoms with Crippen LogP contribution in [-0.2, 0) is 24.0 Å². The molecule has 0 bridgehead atoms. The lowest BCUT2D eigenvalue weighted by molar-refractivity contribution is -0.141. The van der Waals surface area contributed by atoms with Crippen LogP contribution >= 0.6 is 0 Å². The number of Topliss-reactive ketones (excluding diaryl/α,β-unsaturated/α-hetero) is 1. The van der Waals surface area contributed by atoms with Crippen LogP contribution in [0.5, 0.6) is 0 Å². The van der Waals surface area contributed by atoms with E-state index in [0.717, 1.165) is 5.56 Å². The molecule has 1 heterocycles. The number of carbonyl (C=O) groups excluding carboxylic acids is 6. The highest BCUT2D eigenvalue weighted by molar-refractivity contribution is 6.38. The summed E-state index contributed by atoms with van der Waals surface area (Å²) in [4.78, 5) is 86.8. The number of nitrogens with zero attached hydrogens (tertiary/aromatic N) is 2. The van der Waals surface area contributed by atoms with E-state index in [1.807, 2.05) is 44.2 Å². The molecule has 0 saturated carbocycles. The third-order valence-electron chi connectivity index (χ3n) is 7.53. The lowest BCUT2D eigenvalue weighted by atomic mass is 9.98. The molecule has 5 amide bonds. The molecule has 0 saturated heterocycles. The van der Waals surface area contributed by atoms with Gasteiger partial charge < -0.3 is 26.6 Å². The first-order chi connectivity index (χ1) is 22.2. The fraction of sp³-hybridized carbons (Fsp3) is 0.529. The van der Waals surface area contributed by atoms with Crippen molar-refractivity contribution in [1.29, 1.82) is 0 Å². The molecule has 0 unspecified atom stereocenters. The normalized spacial score (nSPS) is 14.4. The van der Waals surface area contributed by atoms with E-state index in [2.05, 4.69) is 36.6 Å². The molecule has 256 valence electrons. The Labute approximate surface area is 276 Å². The third kappa shape index (κ3) is 11.9. The summed E-state index contributed by atoms with van der Waals surface area (Å²) in [5.41, 5.74) is 0.864. The first-order valence-corrected chi connectivity index (χ1v) is 16.0. The van der Waals surface area contributed by atoms with E-state index in [1.54, 1.807) is 41.5 Å². The van der Waals surface area contributed by atoms with Gasteiger partial charge in [-0.3, -0.25) is 33.8 Å². The summed E-state index contributed by atoms with van der Waals surface area (Å²) in [6.45, 7) is 14.2. The van der Waals surface area contributed by atoms with Gasteiger partial charge in [-0.05, 0) is 43.1 Å². The number of rotatable bonds is 17. The molecule has 0 aliphatic carbocycles. The third-order valence-corrected chi connectivity index (χ3v) is 7.53. The van der Waals surface area contributed by atoms with Gasteiger partial charge in [0.1, 0.15) is 23.8 Å². The second kappa shape index (κ2) is 18.5. The van der Waals surface area contributed by atoms with Crippen molar-refractivity contribution < 1.29 is 28.8 Å². The average Bonchev–Trinajstić information content (AvgIpc) is 3.04. The molecule has 47 heavy (non-hydrogen) atoms. The molecule has 0 radical (unpaired) electrons. The van der Waals surface area contributed by atoms with Gasteiger partial charge in [-0.15, -0.1) is 0 Å². The molecular weight excluding hydrogens is 602 g/mol. The Morgan fingerprint density at radius 1 is 0.681 bits per heavy atom. The van der Waals surface area contributed by atoms with Crippen LogP contribution in [0.15, 0.2) is 48.9 Å². The first kappa shape index (κ1) is 38.5. The Balaban J connectivity index is 2.14. The quantitative estimate of drug-likeness (QED) is 0.161. The molecule has 13 heteroatoms. The van der Waals surface area contributed by atoms with E-state index >= 15 is 0 Å². The number of hydrogen-bond donors (Lipinski definition) is 5. The summed E-state index contributed by atoms with van der Waals surface area (Å²) in [5.74, 6) is -4.76. The fourth-order valence-electron chi connectivity index (χ4n) is 4.79. The number of carbonyl (C=O) groups is 6. The lowest BCUT2D eigenvalue weighted by Gasteiger charge is -2.29. The highest BCUT2D eigenvalue weighted by atomic mass is 16.2. The van der Waals surface area contributed by atoms with Crippen LogP contribution < -0.4 is 26.6 Å². The molecular formula is C34H49N7O6. The summed E-state index contributed by atoms with van der Waals surface area (Å²) < 4.78 is 0. The lowest BCUT2D eigenvalue weighted by Crippen LogP contribution is -2.60. The van der Waals surface area contributed by atoms with Crippen molar-refractivity contribution in [2.24, 2.45) is 17.8 Å². The van der Waals surface area contributed by atoms with Gasteiger partial charge in [-0.1, -0.05) is 78.8 Å². The SMILES string of the molecule is CC[C@H](NC(=O)[C@H](CC(C)C)NC(=O)[C@@H](NC(=O)[C@@H](NC(=O)c1cnccn1)C(C)C)C(C)C)C(=O)C(=O)N[C@@H](C)c1ccccc1. The number of ketones is 1. The van der Waals surface area contributed by atoms with Crippen molar-refractivity contribution in [2.75, 3.05) is 0 Å². The van der Waals surface area contributed by atoms with Crippen molar-refractivity contribution >= 4 is 35.3 Å². The highest BCUT2D eigenvalue weighted by Crippen LogP contribution is 2.13. The summed E-state index contributed by atoms with van der Waals surface area (Å²) in [7, 11) is 0. The van der Waals surface area contributed by atoms with E-state index in [4.69, 9.17) is 0 Å². The van der Waals surface area contributed by atoms with Gasteiger partial charge in [-0.2, -0.15) is 0 Å². The summed E-state index contributed by atoms with van der Waals surface area (Å²) in [6.07, 6.45) is 4.46. The number of hydrogen-bond acceptors (Lipinski definition) is 8. The zero-order valence-corrected chi connectivity index (χ0v) is 28.5. The minimum absolute atomic E-state index is 0.0226. The van der Waals surface area contributed by atoms with Crippen molar-refractivity contribution in [3.63, 3.8) is 0 Å². The molecule has 1 aromatic carbocycles. The Kier molecular flexibility index (Phi) is 15.1. The zero-order chi connectivity index (χ0) is 35.3. The van der Waals surface area contributed by atoms with Crippen LogP contribution in [0.25, 0.3) is 0 Å². The molecule has 0 aliphatic rings. The number of aromatic nitrogens is 2. The van der Waals surface area contributed by atoms with Gasteiger partial charge in [0, 0.05) is 12.4 Å². The van der Waals surface area contributed by atoms with Crippen LogP contribution in [0.2, 0.25) is 0 Å². The summed E-state index contributed by atoms with van der Waals surface area (Å²) in [5, 5.41) is 13.4. The predicted octanol–water partition coefficient (Wildman–Crippen LogP) is 2.24. The maximum atomic E-state index is 13.6. The molecule has 2 rings (SSSR count). The molecule has 5 N–H and O–H groups in total. The van der Waals surface area contributed by atoms with Crippen LogP contribution in [0, 0.1) is 17.8 Å². The largest absolute Gasteiger partial charge is 0.344 e. The van der Waals surface area contributed by atoms with E-state index in [9.17, 15) is 28.8 Å². The van der Waals surface area contributed by atoms with Crippen LogP contribution in [0.4, 0.5) is 0 Å². The van der Waals surface area contributed by atoms with E-state index in [-0.39, 0.29) is 36.3 Å². The van der Waals surface area contributed by atoms with Crippen molar-refractivity contribution in [2.45, 2.75) is 98.4 Å². The summed E-state index contributed by atoms with van der Waals surface area (Å²) >= 11 is 0. The predicted molar refractivity (Wildman–Crippen MR) is 177 cm³/mol. The van der Waals surface area contributed by atoms with Crippen LogP contribution in [-0.4, -0.2) is 69.5 Å². The van der Waals surface area contributed by atoms with Crippen molar-refractivity contribution in [1.82, 2.24) is 36.6 Å². The zero-order valence-electron chi connectivity index (χ0n) is 28.5. The Bertz CT molecular complexity index is 1370. The highest BCUT2D eigenvalue weighted by Gasteiger charge is 2.34. The Morgan fingerprint density at radius 3 is 1.79 bits per heavy atom. The van der Waals surface area contributed by atoms with Crippen molar-refractivity contribution in [3.8, 4) is 0 Å². The van der Waals surface area contributed by atoms with Crippen LogP contribution in [0.1, 0.15) is 90.3 Å². The maximum absolute atomic E-state index is 13.6.